The Kier molecular flexibility index (Phi) is 6.28. The molecule has 1 aromatic carbocycles. The second-order valence-corrected chi connectivity index (χ2v) is 11.6. The van der Waals surface area contributed by atoms with Crippen LogP contribution in [0.3, 0.4) is 0 Å². The summed E-state index contributed by atoms with van der Waals surface area (Å²) in [5, 5.41) is 15.5. The van der Waals surface area contributed by atoms with E-state index in [9.17, 15) is 9.50 Å². The first kappa shape index (κ1) is 26.6. The number of rotatable bonds is 5. The zero-order valence-corrected chi connectivity index (χ0v) is 23.3. The van der Waals surface area contributed by atoms with Crippen molar-refractivity contribution in [3.63, 3.8) is 0 Å². The number of halogens is 1. The average molecular weight is 542 g/mol. The Labute approximate surface area is 232 Å². The number of anilines is 1. The van der Waals surface area contributed by atoms with Crippen molar-refractivity contribution in [1.82, 2.24) is 24.6 Å². The van der Waals surface area contributed by atoms with Crippen molar-refractivity contribution in [3.05, 3.63) is 84.1 Å². The summed E-state index contributed by atoms with van der Waals surface area (Å²) in [6.45, 7) is 11.2. The SMILES string of the molecule is CC(O)(c1ccc(F)cc1)c1cnc(C2=CCN(c3ncnn4cc(B5OC(C)(C)C(C)(C)O5)cc34)CC2)nc1. The van der Waals surface area contributed by atoms with Gasteiger partial charge in [-0.1, -0.05) is 18.2 Å². The lowest BCUT2D eigenvalue weighted by Gasteiger charge is -2.32. The fraction of sp³-hybridized carbons (Fsp3) is 0.379. The number of aromatic nitrogens is 5. The van der Waals surface area contributed by atoms with E-state index >= 15 is 0 Å². The van der Waals surface area contributed by atoms with Crippen LogP contribution in [0.5, 0.6) is 0 Å². The van der Waals surface area contributed by atoms with Crippen LogP contribution in [-0.4, -0.2) is 61.1 Å². The predicted octanol–water partition coefficient (Wildman–Crippen LogP) is 3.51. The molecule has 0 bridgehead atoms. The van der Waals surface area contributed by atoms with Gasteiger partial charge in [-0.25, -0.2) is 23.9 Å². The van der Waals surface area contributed by atoms with Crippen LogP contribution in [-0.2, 0) is 14.9 Å². The van der Waals surface area contributed by atoms with Gasteiger partial charge in [0.05, 0.1) is 11.2 Å². The lowest BCUT2D eigenvalue weighted by molar-refractivity contribution is 0.00578. The summed E-state index contributed by atoms with van der Waals surface area (Å²) in [6, 6.07) is 7.82. The van der Waals surface area contributed by atoms with Crippen molar-refractivity contribution in [1.29, 1.82) is 0 Å². The van der Waals surface area contributed by atoms with Gasteiger partial charge in [-0.3, -0.25) is 0 Å². The van der Waals surface area contributed by atoms with Gasteiger partial charge in [0.1, 0.15) is 23.3 Å². The van der Waals surface area contributed by atoms with Crippen LogP contribution in [0.1, 0.15) is 58.0 Å². The molecule has 1 N–H and O–H groups in total. The molecule has 0 aliphatic carbocycles. The number of aliphatic hydroxyl groups is 1. The minimum Gasteiger partial charge on any atom is -0.399 e. The molecule has 3 aromatic heterocycles. The summed E-state index contributed by atoms with van der Waals surface area (Å²) >= 11 is 0. The zero-order chi connectivity index (χ0) is 28.3. The van der Waals surface area contributed by atoms with Gasteiger partial charge in [-0.05, 0) is 70.4 Å². The molecule has 1 atom stereocenters. The highest BCUT2D eigenvalue weighted by Crippen LogP contribution is 2.37. The molecule has 6 rings (SSSR count). The van der Waals surface area contributed by atoms with Gasteiger partial charge in [0.15, 0.2) is 11.6 Å². The van der Waals surface area contributed by atoms with Gasteiger partial charge >= 0.3 is 7.12 Å². The molecule has 1 saturated heterocycles. The van der Waals surface area contributed by atoms with Crippen LogP contribution in [0.4, 0.5) is 10.2 Å². The first-order chi connectivity index (χ1) is 18.9. The first-order valence-electron chi connectivity index (χ1n) is 13.4. The Morgan fingerprint density at radius 1 is 1.00 bits per heavy atom. The molecule has 4 aromatic rings. The Morgan fingerprint density at radius 3 is 2.30 bits per heavy atom. The number of fused-ring (bicyclic) bond motifs is 1. The largest absolute Gasteiger partial charge is 0.496 e. The summed E-state index contributed by atoms with van der Waals surface area (Å²) in [5.74, 6) is 1.10. The van der Waals surface area contributed by atoms with E-state index in [0.29, 0.717) is 23.5 Å². The van der Waals surface area contributed by atoms with E-state index < -0.39 is 23.9 Å². The van der Waals surface area contributed by atoms with Crippen molar-refractivity contribution in [2.24, 2.45) is 0 Å². The van der Waals surface area contributed by atoms with Crippen molar-refractivity contribution in [3.8, 4) is 0 Å². The normalized spacial score (nSPS) is 20.0. The quantitative estimate of drug-likeness (QED) is 0.383. The Morgan fingerprint density at radius 2 is 1.68 bits per heavy atom. The van der Waals surface area contributed by atoms with Gasteiger partial charge in [0.25, 0.3) is 0 Å². The second kappa shape index (κ2) is 9.47. The van der Waals surface area contributed by atoms with E-state index in [0.717, 1.165) is 35.3 Å². The number of hydrogen-bond acceptors (Lipinski definition) is 8. The molecule has 2 aliphatic heterocycles. The molecule has 1 fully saturated rings. The first-order valence-corrected chi connectivity index (χ1v) is 13.4. The van der Waals surface area contributed by atoms with Gasteiger partial charge in [0.2, 0.25) is 0 Å². The Bertz CT molecular complexity index is 1570. The highest BCUT2D eigenvalue weighted by molar-refractivity contribution is 6.62. The minimum atomic E-state index is -1.33. The second-order valence-electron chi connectivity index (χ2n) is 11.6. The molecule has 0 amide bonds. The lowest BCUT2D eigenvalue weighted by Crippen LogP contribution is -2.41. The molecule has 5 heterocycles. The molecule has 9 nitrogen and oxygen atoms in total. The van der Waals surface area contributed by atoms with Gasteiger partial charge in [-0.2, -0.15) is 5.10 Å². The van der Waals surface area contributed by atoms with E-state index in [4.69, 9.17) is 9.31 Å². The Hall–Kier alpha value is -3.67. The average Bonchev–Trinajstić information content (AvgIpc) is 3.46. The highest BCUT2D eigenvalue weighted by atomic mass is 19.1. The summed E-state index contributed by atoms with van der Waals surface area (Å²) in [7, 11) is -0.476. The van der Waals surface area contributed by atoms with E-state index in [1.54, 1.807) is 37.8 Å². The molecule has 0 radical (unpaired) electrons. The Balaban J connectivity index is 1.19. The van der Waals surface area contributed by atoms with Crippen molar-refractivity contribution in [2.75, 3.05) is 18.0 Å². The fourth-order valence-electron chi connectivity index (χ4n) is 5.04. The molecular weight excluding hydrogens is 510 g/mol. The van der Waals surface area contributed by atoms with Crippen molar-refractivity contribution in [2.45, 2.75) is 57.8 Å². The smallest absolute Gasteiger partial charge is 0.399 e. The number of nitrogens with zero attached hydrogens (tertiary/aromatic N) is 6. The molecule has 1 unspecified atom stereocenters. The zero-order valence-electron chi connectivity index (χ0n) is 23.3. The standard InChI is InChI=1S/C29H32BFN6O3/c1-27(2)28(3,4)40-30(39-27)22-14-24-26(34-18-35-37(24)17-22)36-12-10-19(11-13-36)25-32-15-21(16-33-25)29(5,38)20-6-8-23(31)9-7-20/h6-10,14-18,38H,11-13H2,1-5H3. The van der Waals surface area contributed by atoms with E-state index in [1.165, 1.54) is 12.1 Å². The van der Waals surface area contributed by atoms with Gasteiger partial charge in [0, 0.05) is 42.7 Å². The third-order valence-electron chi connectivity index (χ3n) is 8.35. The predicted molar refractivity (Wildman–Crippen MR) is 151 cm³/mol. The van der Waals surface area contributed by atoms with E-state index in [2.05, 4.69) is 31.0 Å². The topological polar surface area (TPSA) is 97.9 Å². The van der Waals surface area contributed by atoms with Crippen LogP contribution < -0.4 is 10.4 Å². The third-order valence-corrected chi connectivity index (χ3v) is 8.35. The van der Waals surface area contributed by atoms with Crippen molar-refractivity contribution < 1.29 is 18.8 Å². The van der Waals surface area contributed by atoms with Crippen molar-refractivity contribution >= 4 is 29.5 Å². The fourth-order valence-corrected chi connectivity index (χ4v) is 5.04. The maximum Gasteiger partial charge on any atom is 0.496 e. The molecule has 11 heteroatoms. The van der Waals surface area contributed by atoms with E-state index in [1.807, 2.05) is 44.5 Å². The number of benzene rings is 1. The summed E-state index contributed by atoms with van der Waals surface area (Å²) in [4.78, 5) is 15.9. The summed E-state index contributed by atoms with van der Waals surface area (Å²) in [6.07, 6.45) is 9.59. The molecule has 0 saturated carbocycles. The lowest BCUT2D eigenvalue weighted by atomic mass is 9.81. The molecular formula is C29H32BFN6O3. The minimum absolute atomic E-state index is 0.352. The van der Waals surface area contributed by atoms with Gasteiger partial charge < -0.3 is 19.3 Å². The highest BCUT2D eigenvalue weighted by Gasteiger charge is 2.52. The number of hydrogen-bond donors (Lipinski definition) is 1. The molecule has 2 aliphatic rings. The maximum atomic E-state index is 13.3. The van der Waals surface area contributed by atoms with Crippen LogP contribution in [0, 0.1) is 5.82 Å². The summed E-state index contributed by atoms with van der Waals surface area (Å²) < 4.78 is 27.6. The van der Waals surface area contributed by atoms with Crippen LogP contribution in [0.25, 0.3) is 11.1 Å². The molecule has 206 valence electrons. The maximum absolute atomic E-state index is 13.3. The molecule has 0 spiro atoms. The van der Waals surface area contributed by atoms with Gasteiger partial charge in [-0.15, -0.1) is 0 Å². The van der Waals surface area contributed by atoms with Crippen LogP contribution in [0.2, 0.25) is 0 Å². The van der Waals surface area contributed by atoms with E-state index in [-0.39, 0.29) is 5.82 Å². The summed E-state index contributed by atoms with van der Waals surface area (Å²) in [5.41, 5.74) is 1.74. The molecule has 40 heavy (non-hydrogen) atoms. The monoisotopic (exact) mass is 542 g/mol. The van der Waals surface area contributed by atoms with Crippen LogP contribution >= 0.6 is 0 Å². The third kappa shape index (κ3) is 4.57. The van der Waals surface area contributed by atoms with Crippen LogP contribution in [0.15, 0.2) is 61.3 Å².